The van der Waals surface area contributed by atoms with Gasteiger partial charge in [0.25, 0.3) is 5.91 Å². The highest BCUT2D eigenvalue weighted by atomic mass is 32.2. The number of hydrogen-bond donors (Lipinski definition) is 2. The maximum Gasteiger partial charge on any atom is 0.265 e. The van der Waals surface area contributed by atoms with Crippen LogP contribution >= 0.6 is 0 Å². The van der Waals surface area contributed by atoms with Gasteiger partial charge in [0.15, 0.2) is 0 Å². The molecule has 1 aliphatic heterocycles. The molecule has 1 atom stereocenters. The minimum atomic E-state index is -3.61. The summed E-state index contributed by atoms with van der Waals surface area (Å²) in [6.07, 6.45) is 2.14. The molecule has 112 valence electrons. The van der Waals surface area contributed by atoms with Crippen LogP contribution in [0.4, 0.5) is 0 Å². The molecule has 1 aliphatic rings. The first-order valence-electron chi connectivity index (χ1n) is 6.36. The van der Waals surface area contributed by atoms with E-state index in [0.29, 0.717) is 19.6 Å². The molecule has 1 fully saturated rings. The van der Waals surface area contributed by atoms with Crippen molar-refractivity contribution in [3.63, 3.8) is 0 Å². The van der Waals surface area contributed by atoms with Gasteiger partial charge < -0.3 is 16.0 Å². The Morgan fingerprint density at radius 2 is 2.15 bits per heavy atom. The van der Waals surface area contributed by atoms with E-state index in [0.717, 1.165) is 6.42 Å². The zero-order valence-corrected chi connectivity index (χ0v) is 12.5. The van der Waals surface area contributed by atoms with Crippen LogP contribution in [0.3, 0.4) is 0 Å². The summed E-state index contributed by atoms with van der Waals surface area (Å²) >= 11 is 0. The van der Waals surface area contributed by atoms with Crippen molar-refractivity contribution in [3.8, 4) is 0 Å². The van der Waals surface area contributed by atoms with Gasteiger partial charge in [-0.15, -0.1) is 0 Å². The smallest absolute Gasteiger partial charge is 0.265 e. The average Bonchev–Trinajstić information content (AvgIpc) is 2.94. The molecule has 1 saturated heterocycles. The molecule has 2 heterocycles. The second-order valence-corrected chi connectivity index (χ2v) is 7.58. The molecule has 0 spiro atoms. The van der Waals surface area contributed by atoms with Crippen molar-refractivity contribution in [2.75, 3.05) is 19.6 Å². The van der Waals surface area contributed by atoms with Gasteiger partial charge in [0.2, 0.25) is 10.0 Å². The standard InChI is InChI=1S/C12H20N4O3S/c1-12(7-13)3-4-16(8-12)20(18,19)9-5-10(11(14)17)15(2)6-9/h5-6H,3-4,7-8,13H2,1-2H3,(H2,14,17). The van der Waals surface area contributed by atoms with Crippen molar-refractivity contribution in [1.29, 1.82) is 0 Å². The highest BCUT2D eigenvalue weighted by Gasteiger charge is 2.39. The molecule has 0 aromatic carbocycles. The zero-order chi connectivity index (χ0) is 15.1. The third kappa shape index (κ3) is 2.46. The molecule has 1 aromatic rings. The Morgan fingerprint density at radius 1 is 1.50 bits per heavy atom. The third-order valence-electron chi connectivity index (χ3n) is 3.89. The number of carbonyl (C=O) groups is 1. The third-order valence-corrected chi connectivity index (χ3v) is 5.70. The van der Waals surface area contributed by atoms with E-state index in [1.807, 2.05) is 6.92 Å². The minimum absolute atomic E-state index is 0.0927. The van der Waals surface area contributed by atoms with Crippen LogP contribution in [0.15, 0.2) is 17.2 Å². The summed E-state index contributed by atoms with van der Waals surface area (Å²) in [6, 6.07) is 1.32. The lowest BCUT2D eigenvalue weighted by atomic mass is 9.90. The molecule has 8 heteroatoms. The SMILES string of the molecule is Cn1cc(S(=O)(=O)N2CCC(C)(CN)C2)cc1C(N)=O. The van der Waals surface area contributed by atoms with Crippen molar-refractivity contribution in [2.24, 2.45) is 23.9 Å². The number of aromatic nitrogens is 1. The van der Waals surface area contributed by atoms with Crippen LogP contribution in [0.5, 0.6) is 0 Å². The number of hydrogen-bond acceptors (Lipinski definition) is 4. The van der Waals surface area contributed by atoms with Crippen LogP contribution in [-0.4, -0.2) is 42.8 Å². The fraction of sp³-hybridized carbons (Fsp3) is 0.583. The lowest BCUT2D eigenvalue weighted by Crippen LogP contribution is -2.34. The highest BCUT2D eigenvalue weighted by Crippen LogP contribution is 2.32. The molecule has 0 radical (unpaired) electrons. The first kappa shape index (κ1) is 15.0. The van der Waals surface area contributed by atoms with Crippen molar-refractivity contribution < 1.29 is 13.2 Å². The van der Waals surface area contributed by atoms with Crippen LogP contribution in [0.2, 0.25) is 0 Å². The summed E-state index contributed by atoms with van der Waals surface area (Å²) in [4.78, 5) is 11.3. The van der Waals surface area contributed by atoms with Crippen LogP contribution < -0.4 is 11.5 Å². The van der Waals surface area contributed by atoms with Gasteiger partial charge >= 0.3 is 0 Å². The largest absolute Gasteiger partial charge is 0.364 e. The number of aryl methyl sites for hydroxylation is 1. The van der Waals surface area contributed by atoms with Crippen LogP contribution in [0, 0.1) is 5.41 Å². The molecule has 20 heavy (non-hydrogen) atoms. The van der Waals surface area contributed by atoms with E-state index in [2.05, 4.69) is 0 Å². The maximum absolute atomic E-state index is 12.5. The highest BCUT2D eigenvalue weighted by molar-refractivity contribution is 7.89. The number of nitrogens with zero attached hydrogens (tertiary/aromatic N) is 2. The Balaban J connectivity index is 2.32. The predicted octanol–water partition coefficient (Wildman–Crippen LogP) is -0.517. The van der Waals surface area contributed by atoms with Gasteiger partial charge in [-0.2, -0.15) is 4.31 Å². The van der Waals surface area contributed by atoms with Gasteiger partial charge in [-0.05, 0) is 24.4 Å². The van der Waals surface area contributed by atoms with Crippen LogP contribution in [-0.2, 0) is 17.1 Å². The first-order chi connectivity index (χ1) is 9.19. The Hall–Kier alpha value is -1.38. The van der Waals surface area contributed by atoms with Gasteiger partial charge in [0, 0.05) is 26.3 Å². The summed E-state index contributed by atoms with van der Waals surface area (Å²) in [5, 5.41) is 0. The second-order valence-electron chi connectivity index (χ2n) is 5.64. The number of sulfonamides is 1. The van der Waals surface area contributed by atoms with Crippen LogP contribution in [0.25, 0.3) is 0 Å². The van der Waals surface area contributed by atoms with Crippen molar-refractivity contribution in [3.05, 3.63) is 18.0 Å². The molecule has 2 rings (SSSR count). The normalized spacial score (nSPS) is 24.1. The summed E-state index contributed by atoms with van der Waals surface area (Å²) < 4.78 is 27.9. The predicted molar refractivity (Wildman–Crippen MR) is 74.5 cm³/mol. The van der Waals surface area contributed by atoms with E-state index >= 15 is 0 Å². The molecule has 0 aliphatic carbocycles. The minimum Gasteiger partial charge on any atom is -0.364 e. The van der Waals surface area contributed by atoms with E-state index in [1.54, 1.807) is 7.05 Å². The monoisotopic (exact) mass is 300 g/mol. The maximum atomic E-state index is 12.5. The molecule has 0 saturated carbocycles. The van der Waals surface area contributed by atoms with Crippen LogP contribution in [0.1, 0.15) is 23.8 Å². The summed E-state index contributed by atoms with van der Waals surface area (Å²) in [7, 11) is -2.02. The number of carbonyl (C=O) groups excluding carboxylic acids is 1. The summed E-state index contributed by atoms with van der Waals surface area (Å²) in [5.41, 5.74) is 10.9. The van der Waals surface area contributed by atoms with Gasteiger partial charge in [-0.25, -0.2) is 8.42 Å². The summed E-state index contributed by atoms with van der Waals surface area (Å²) in [5.74, 6) is -0.651. The van der Waals surface area contributed by atoms with Crippen molar-refractivity contribution in [1.82, 2.24) is 8.87 Å². The average molecular weight is 300 g/mol. The molecular weight excluding hydrogens is 280 g/mol. The second kappa shape index (κ2) is 4.87. The lowest BCUT2D eigenvalue weighted by Gasteiger charge is -2.22. The van der Waals surface area contributed by atoms with Gasteiger partial charge in [0.1, 0.15) is 10.6 Å². The van der Waals surface area contributed by atoms with E-state index in [1.165, 1.54) is 21.1 Å². The fourth-order valence-corrected chi connectivity index (χ4v) is 4.08. The first-order valence-corrected chi connectivity index (χ1v) is 7.80. The van der Waals surface area contributed by atoms with E-state index in [9.17, 15) is 13.2 Å². The van der Waals surface area contributed by atoms with Crippen molar-refractivity contribution >= 4 is 15.9 Å². The Kier molecular flexibility index (Phi) is 3.66. The Labute approximate surface area is 118 Å². The quantitative estimate of drug-likeness (QED) is 0.779. The van der Waals surface area contributed by atoms with Crippen molar-refractivity contribution in [2.45, 2.75) is 18.2 Å². The topological polar surface area (TPSA) is 111 Å². The summed E-state index contributed by atoms with van der Waals surface area (Å²) in [6.45, 7) is 3.26. The fourth-order valence-electron chi connectivity index (χ4n) is 2.42. The van der Waals surface area contributed by atoms with E-state index < -0.39 is 15.9 Å². The van der Waals surface area contributed by atoms with Gasteiger partial charge in [0.05, 0.1) is 0 Å². The molecule has 1 amide bonds. The Bertz CT molecular complexity index is 637. The van der Waals surface area contributed by atoms with E-state index in [-0.39, 0.29) is 16.0 Å². The molecule has 7 nitrogen and oxygen atoms in total. The van der Waals surface area contributed by atoms with Gasteiger partial charge in [-0.3, -0.25) is 4.79 Å². The van der Waals surface area contributed by atoms with Gasteiger partial charge in [-0.1, -0.05) is 6.92 Å². The number of rotatable bonds is 4. The molecule has 1 unspecified atom stereocenters. The van der Waals surface area contributed by atoms with E-state index in [4.69, 9.17) is 11.5 Å². The Morgan fingerprint density at radius 3 is 2.60 bits per heavy atom. The zero-order valence-electron chi connectivity index (χ0n) is 11.7. The molecule has 0 bridgehead atoms. The molecule has 4 N–H and O–H groups in total. The lowest BCUT2D eigenvalue weighted by molar-refractivity contribution is 0.0992. The number of nitrogens with two attached hydrogens (primary N) is 2. The number of primary amides is 1. The number of amides is 1. The molecular formula is C12H20N4O3S. The molecule has 1 aromatic heterocycles.